The van der Waals surface area contributed by atoms with Crippen molar-refractivity contribution in [1.82, 2.24) is 4.98 Å². The number of aromatic nitrogens is 1. The molecule has 94 valence electrons. The number of anilines is 1. The van der Waals surface area contributed by atoms with E-state index in [4.69, 9.17) is 21.6 Å². The lowest BCUT2D eigenvalue weighted by Gasteiger charge is -2.06. The van der Waals surface area contributed by atoms with Gasteiger partial charge in [-0.2, -0.15) is 5.26 Å². The van der Waals surface area contributed by atoms with Crippen molar-refractivity contribution in [2.75, 3.05) is 25.1 Å². The van der Waals surface area contributed by atoms with Gasteiger partial charge in [-0.1, -0.05) is 36.8 Å². The molecule has 6 heteroatoms. The third-order valence-corrected chi connectivity index (χ3v) is 3.18. The normalized spacial score (nSPS) is 10.5. The monoisotopic (exact) mass is 273 g/mol. The van der Waals surface area contributed by atoms with Gasteiger partial charge in [-0.05, 0) is 12.3 Å². The zero-order valence-electron chi connectivity index (χ0n) is 9.99. The molecule has 0 fully saturated rings. The van der Waals surface area contributed by atoms with Crippen LogP contribution in [0.25, 0.3) is 0 Å². The van der Waals surface area contributed by atoms with E-state index in [1.807, 2.05) is 6.07 Å². The number of rotatable bonds is 7. The van der Waals surface area contributed by atoms with Gasteiger partial charge in [0, 0.05) is 19.8 Å². The fourth-order valence-corrected chi connectivity index (χ4v) is 2.11. The second kappa shape index (κ2) is 7.49. The summed E-state index contributed by atoms with van der Waals surface area (Å²) < 4.78 is 5.45. The fraction of sp³-hybridized carbons (Fsp3) is 0.636. The number of nitrogens with zero attached hydrogens (tertiary/aromatic N) is 2. The molecule has 1 N–H and O–H groups in total. The Morgan fingerprint density at radius 2 is 2.35 bits per heavy atom. The summed E-state index contributed by atoms with van der Waals surface area (Å²) in [7, 11) is 0. The highest BCUT2D eigenvalue weighted by molar-refractivity contribution is 7.16. The first-order valence-electron chi connectivity index (χ1n) is 5.51. The van der Waals surface area contributed by atoms with E-state index >= 15 is 0 Å². The number of halogens is 1. The minimum Gasteiger partial charge on any atom is -0.381 e. The van der Waals surface area contributed by atoms with Gasteiger partial charge < -0.3 is 10.1 Å². The average Bonchev–Trinajstić information content (AvgIpc) is 2.63. The largest absolute Gasteiger partial charge is 0.381 e. The van der Waals surface area contributed by atoms with Crippen molar-refractivity contribution in [3.8, 4) is 6.07 Å². The molecule has 0 aliphatic rings. The summed E-state index contributed by atoms with van der Waals surface area (Å²) in [5, 5.41) is 12.8. The fourth-order valence-electron chi connectivity index (χ4n) is 1.13. The van der Waals surface area contributed by atoms with E-state index in [1.54, 1.807) is 0 Å². The highest BCUT2D eigenvalue weighted by atomic mass is 35.5. The third-order valence-electron chi connectivity index (χ3n) is 1.88. The van der Waals surface area contributed by atoms with Gasteiger partial charge in [0.15, 0.2) is 10.3 Å². The topological polar surface area (TPSA) is 57.9 Å². The second-order valence-corrected chi connectivity index (χ2v) is 5.36. The molecule has 0 atom stereocenters. The number of hydrogen-bond acceptors (Lipinski definition) is 5. The maximum absolute atomic E-state index is 8.71. The Kier molecular flexibility index (Phi) is 6.27. The van der Waals surface area contributed by atoms with Gasteiger partial charge >= 0.3 is 0 Å². The van der Waals surface area contributed by atoms with Crippen LogP contribution < -0.4 is 5.32 Å². The van der Waals surface area contributed by atoms with Crippen LogP contribution in [0.4, 0.5) is 5.13 Å². The Hall–Kier alpha value is -0.830. The number of nitrogens with one attached hydrogen (secondary N) is 1. The van der Waals surface area contributed by atoms with Gasteiger partial charge in [-0.25, -0.2) is 4.98 Å². The molecule has 1 aromatic heterocycles. The molecule has 1 heterocycles. The maximum atomic E-state index is 8.71. The lowest BCUT2D eigenvalue weighted by atomic mass is 10.2. The molecule has 0 spiro atoms. The molecular weight excluding hydrogens is 258 g/mol. The van der Waals surface area contributed by atoms with E-state index < -0.39 is 0 Å². The zero-order valence-corrected chi connectivity index (χ0v) is 11.6. The number of nitriles is 1. The lowest BCUT2D eigenvalue weighted by Crippen LogP contribution is -2.08. The molecule has 0 saturated carbocycles. The minimum atomic E-state index is 0.274. The number of hydrogen-bond donors (Lipinski definition) is 1. The molecule has 0 saturated heterocycles. The minimum absolute atomic E-state index is 0.274. The first kappa shape index (κ1) is 14.2. The van der Waals surface area contributed by atoms with Crippen LogP contribution in [0.1, 0.15) is 25.1 Å². The quantitative estimate of drug-likeness (QED) is 0.776. The highest BCUT2D eigenvalue weighted by Crippen LogP contribution is 2.25. The summed E-state index contributed by atoms with van der Waals surface area (Å²) in [5.74, 6) is 0.568. The number of ether oxygens (including phenoxy) is 1. The SMILES string of the molecule is CC(C)COCCCNc1nc(Cl)c(C#N)s1. The van der Waals surface area contributed by atoms with E-state index in [1.165, 1.54) is 11.3 Å². The van der Waals surface area contributed by atoms with Crippen LogP contribution in [-0.4, -0.2) is 24.7 Å². The molecule has 0 aromatic carbocycles. The first-order chi connectivity index (χ1) is 8.13. The standard InChI is InChI=1S/C11H16ClN3OS/c1-8(2)7-16-5-3-4-14-11-15-10(12)9(6-13)17-11/h8H,3-5,7H2,1-2H3,(H,14,15). The molecule has 17 heavy (non-hydrogen) atoms. The van der Waals surface area contributed by atoms with E-state index in [-0.39, 0.29) is 5.15 Å². The summed E-state index contributed by atoms with van der Waals surface area (Å²) in [4.78, 5) is 4.49. The number of thiazole rings is 1. The van der Waals surface area contributed by atoms with Gasteiger partial charge in [0.2, 0.25) is 0 Å². The van der Waals surface area contributed by atoms with Crippen molar-refractivity contribution < 1.29 is 4.74 Å². The van der Waals surface area contributed by atoms with Crippen molar-refractivity contribution in [1.29, 1.82) is 5.26 Å². The van der Waals surface area contributed by atoms with Crippen LogP contribution in [0.15, 0.2) is 0 Å². The van der Waals surface area contributed by atoms with Gasteiger partial charge in [0.1, 0.15) is 10.9 Å². The first-order valence-corrected chi connectivity index (χ1v) is 6.71. The molecule has 0 amide bonds. The van der Waals surface area contributed by atoms with Crippen LogP contribution in [0, 0.1) is 17.2 Å². The summed E-state index contributed by atoms with van der Waals surface area (Å²) in [6.07, 6.45) is 0.909. The Bertz CT molecular complexity index is 387. The zero-order chi connectivity index (χ0) is 12.7. The smallest absolute Gasteiger partial charge is 0.185 e. The van der Waals surface area contributed by atoms with E-state index in [0.29, 0.717) is 15.9 Å². The van der Waals surface area contributed by atoms with Crippen LogP contribution in [0.2, 0.25) is 5.15 Å². The Balaban J connectivity index is 2.16. The summed E-state index contributed by atoms with van der Waals surface area (Å²) in [6, 6.07) is 2.00. The van der Waals surface area contributed by atoms with E-state index in [0.717, 1.165) is 26.2 Å². The van der Waals surface area contributed by atoms with Crippen molar-refractivity contribution in [3.05, 3.63) is 10.0 Å². The molecule has 1 rings (SSSR count). The van der Waals surface area contributed by atoms with Crippen LogP contribution in [-0.2, 0) is 4.74 Å². The molecule has 0 unspecified atom stereocenters. The molecule has 0 aliphatic carbocycles. The molecular formula is C11H16ClN3OS. The molecule has 4 nitrogen and oxygen atoms in total. The predicted molar refractivity (Wildman–Crippen MR) is 70.6 cm³/mol. The lowest BCUT2D eigenvalue weighted by molar-refractivity contribution is 0.110. The highest BCUT2D eigenvalue weighted by Gasteiger charge is 2.07. The van der Waals surface area contributed by atoms with Gasteiger partial charge in [0.25, 0.3) is 0 Å². The molecule has 0 bridgehead atoms. The van der Waals surface area contributed by atoms with Crippen LogP contribution in [0.5, 0.6) is 0 Å². The van der Waals surface area contributed by atoms with Crippen LogP contribution >= 0.6 is 22.9 Å². The molecule has 0 aliphatic heterocycles. The Labute approximate surface area is 111 Å². The average molecular weight is 274 g/mol. The van der Waals surface area contributed by atoms with Gasteiger partial charge in [-0.15, -0.1) is 0 Å². The van der Waals surface area contributed by atoms with E-state index in [9.17, 15) is 0 Å². The van der Waals surface area contributed by atoms with Crippen molar-refractivity contribution in [2.24, 2.45) is 5.92 Å². The summed E-state index contributed by atoms with van der Waals surface area (Å²) in [6.45, 7) is 6.54. The van der Waals surface area contributed by atoms with E-state index in [2.05, 4.69) is 24.1 Å². The Morgan fingerprint density at radius 1 is 1.59 bits per heavy atom. The maximum Gasteiger partial charge on any atom is 0.185 e. The summed E-state index contributed by atoms with van der Waals surface area (Å²) >= 11 is 7.03. The van der Waals surface area contributed by atoms with Crippen molar-refractivity contribution in [2.45, 2.75) is 20.3 Å². The Morgan fingerprint density at radius 3 is 2.94 bits per heavy atom. The van der Waals surface area contributed by atoms with Crippen molar-refractivity contribution >= 4 is 28.1 Å². The molecule has 0 radical (unpaired) electrons. The van der Waals surface area contributed by atoms with Gasteiger partial charge in [0.05, 0.1) is 0 Å². The van der Waals surface area contributed by atoms with Crippen molar-refractivity contribution in [3.63, 3.8) is 0 Å². The predicted octanol–water partition coefficient (Wildman–Crippen LogP) is 3.14. The summed E-state index contributed by atoms with van der Waals surface area (Å²) in [5.41, 5.74) is 0. The third kappa shape index (κ3) is 5.35. The molecule has 1 aromatic rings. The van der Waals surface area contributed by atoms with Gasteiger partial charge in [-0.3, -0.25) is 0 Å². The second-order valence-electron chi connectivity index (χ2n) is 4.00. The van der Waals surface area contributed by atoms with Crippen LogP contribution in [0.3, 0.4) is 0 Å².